The van der Waals surface area contributed by atoms with Crippen molar-refractivity contribution in [2.75, 3.05) is 13.2 Å². The number of nitrogens with one attached hydrogen (secondary N) is 1. The number of nitrogens with zero attached hydrogens (tertiary/aromatic N) is 3. The van der Waals surface area contributed by atoms with E-state index in [1.54, 1.807) is 5.43 Å². The van der Waals surface area contributed by atoms with Crippen LogP contribution in [0.3, 0.4) is 0 Å². The summed E-state index contributed by atoms with van der Waals surface area (Å²) < 4.78 is 0. The fraction of sp³-hybridized carbons (Fsp3) is 0.667. The summed E-state index contributed by atoms with van der Waals surface area (Å²) in [6.45, 7) is -0.430. The molecule has 0 aliphatic heterocycles. The van der Waals surface area contributed by atoms with Gasteiger partial charge in [-0.25, -0.2) is 15.1 Å². The third-order valence-corrected chi connectivity index (χ3v) is 0.776. The van der Waals surface area contributed by atoms with Crippen LogP contribution in [0, 0.1) is 20.2 Å². The van der Waals surface area contributed by atoms with Gasteiger partial charge in [-0.1, -0.05) is 5.43 Å². The first-order chi connectivity index (χ1) is 6.02. The molecular formula is C3H7N5O5. The summed E-state index contributed by atoms with van der Waals surface area (Å²) in [6, 6.07) is 0. The van der Waals surface area contributed by atoms with Crippen LogP contribution in [0.25, 0.3) is 0 Å². The number of aliphatic imine (C=N–C) groups is 1. The summed E-state index contributed by atoms with van der Waals surface area (Å²) >= 11 is 0. The van der Waals surface area contributed by atoms with Gasteiger partial charge in [0.15, 0.2) is 5.03 Å². The minimum Gasteiger partial charge on any atom is -0.365 e. The van der Waals surface area contributed by atoms with Crippen LogP contribution in [0.15, 0.2) is 4.99 Å². The summed E-state index contributed by atoms with van der Waals surface area (Å²) in [5, 5.41) is 17.5. The summed E-state index contributed by atoms with van der Waals surface area (Å²) in [6.07, 6.45) is 0. The Hall–Kier alpha value is -2.13. The van der Waals surface area contributed by atoms with Crippen LogP contribution in [0.4, 0.5) is 0 Å². The normalized spacial score (nSPS) is 10.6. The Balaban J connectivity index is 3.59. The van der Waals surface area contributed by atoms with Gasteiger partial charge in [-0.05, 0) is 0 Å². The van der Waals surface area contributed by atoms with E-state index in [1.165, 1.54) is 0 Å². The Morgan fingerprint density at radius 3 is 2.62 bits per heavy atom. The molecule has 74 valence electrons. The second-order valence-corrected chi connectivity index (χ2v) is 1.69. The molecule has 0 aliphatic carbocycles. The summed E-state index contributed by atoms with van der Waals surface area (Å²) in [5.41, 5.74) is 6.52. The maximum Gasteiger partial charge on any atom is 0.294 e. The number of hydrazine groups is 1. The quantitative estimate of drug-likeness (QED) is 0.174. The minimum absolute atomic E-state index is 0.131. The lowest BCUT2D eigenvalue weighted by atomic mass is 10.7. The predicted octanol–water partition coefficient (Wildman–Crippen LogP) is -1.71. The van der Waals surface area contributed by atoms with Gasteiger partial charge in [0.1, 0.15) is 6.61 Å². The molecule has 0 spiro atoms. The lowest BCUT2D eigenvalue weighted by Crippen LogP contribution is -2.36. The maximum absolute atomic E-state index is 9.74. The molecule has 0 bridgehead atoms. The van der Waals surface area contributed by atoms with E-state index < -0.39 is 16.1 Å². The average Bonchev–Trinajstić information content (AvgIpc) is 1.96. The van der Waals surface area contributed by atoms with Crippen molar-refractivity contribution in [1.29, 1.82) is 0 Å². The number of guanidine groups is 1. The molecule has 0 aliphatic rings. The first kappa shape index (κ1) is 10.9. The molecule has 10 heteroatoms. The highest BCUT2D eigenvalue weighted by Gasteiger charge is 1.98. The third kappa shape index (κ3) is 7.77. The zero-order chi connectivity index (χ0) is 10.3. The van der Waals surface area contributed by atoms with Crippen LogP contribution in [0.2, 0.25) is 0 Å². The highest BCUT2D eigenvalue weighted by molar-refractivity contribution is 5.76. The van der Waals surface area contributed by atoms with Crippen molar-refractivity contribution in [3.8, 4) is 0 Å². The highest BCUT2D eigenvalue weighted by Crippen LogP contribution is 1.76. The molecule has 0 saturated heterocycles. The van der Waals surface area contributed by atoms with Crippen molar-refractivity contribution in [3.05, 3.63) is 20.2 Å². The minimum atomic E-state index is -0.993. The lowest BCUT2D eigenvalue weighted by molar-refractivity contribution is -0.757. The van der Waals surface area contributed by atoms with Crippen molar-refractivity contribution in [2.24, 2.45) is 10.7 Å². The van der Waals surface area contributed by atoms with Gasteiger partial charge in [-0.15, -0.1) is 10.1 Å². The van der Waals surface area contributed by atoms with E-state index in [-0.39, 0.29) is 13.2 Å². The van der Waals surface area contributed by atoms with Crippen LogP contribution >= 0.6 is 0 Å². The van der Waals surface area contributed by atoms with Gasteiger partial charge in [0.05, 0.1) is 6.54 Å². The molecular weight excluding hydrogens is 186 g/mol. The Kier molecular flexibility index (Phi) is 4.61. The molecule has 0 aromatic rings. The van der Waals surface area contributed by atoms with E-state index in [0.29, 0.717) is 0 Å². The summed E-state index contributed by atoms with van der Waals surface area (Å²) in [7, 11) is 0. The molecule has 0 rings (SSSR count). The molecule has 0 heterocycles. The van der Waals surface area contributed by atoms with E-state index in [1.807, 2.05) is 0 Å². The average molecular weight is 193 g/mol. The number of rotatable bonds is 5. The van der Waals surface area contributed by atoms with Gasteiger partial charge < -0.3 is 10.6 Å². The molecule has 0 aromatic heterocycles. The van der Waals surface area contributed by atoms with Crippen LogP contribution in [-0.4, -0.2) is 29.2 Å². The van der Waals surface area contributed by atoms with Crippen molar-refractivity contribution in [3.63, 3.8) is 0 Å². The van der Waals surface area contributed by atoms with Crippen molar-refractivity contribution < 1.29 is 15.0 Å². The largest absolute Gasteiger partial charge is 0.365 e. The summed E-state index contributed by atoms with van der Waals surface area (Å²) in [4.78, 5) is 26.6. The number of hydrogen-bond donors (Lipinski definition) is 2. The molecule has 10 nitrogen and oxygen atoms in total. The molecule has 0 atom stereocenters. The molecule has 13 heavy (non-hydrogen) atoms. The van der Waals surface area contributed by atoms with Gasteiger partial charge in [0.25, 0.3) is 11.0 Å². The molecule has 0 aromatic carbocycles. The Morgan fingerprint density at radius 1 is 1.54 bits per heavy atom. The van der Waals surface area contributed by atoms with Gasteiger partial charge >= 0.3 is 0 Å². The Morgan fingerprint density at radius 2 is 2.15 bits per heavy atom. The number of nitrogens with two attached hydrogens (primary N) is 1. The van der Waals surface area contributed by atoms with Gasteiger partial charge in [0.2, 0.25) is 0 Å². The van der Waals surface area contributed by atoms with E-state index in [0.717, 1.165) is 0 Å². The lowest BCUT2D eigenvalue weighted by Gasteiger charge is -1.96. The van der Waals surface area contributed by atoms with Crippen molar-refractivity contribution in [1.82, 2.24) is 5.43 Å². The molecule has 0 amide bonds. The smallest absolute Gasteiger partial charge is 0.294 e. The second kappa shape index (κ2) is 5.51. The molecule has 3 N–H and O–H groups in total. The topological polar surface area (TPSA) is 146 Å². The molecule has 0 saturated carbocycles. The summed E-state index contributed by atoms with van der Waals surface area (Å²) in [5.74, 6) is -0.433. The number of hydrogen-bond acceptors (Lipinski definition) is 6. The van der Waals surface area contributed by atoms with Crippen LogP contribution in [0.5, 0.6) is 0 Å². The monoisotopic (exact) mass is 193 g/mol. The van der Waals surface area contributed by atoms with Gasteiger partial charge in [0, 0.05) is 0 Å². The highest BCUT2D eigenvalue weighted by atomic mass is 16.9. The fourth-order valence-electron chi connectivity index (χ4n) is 0.410. The van der Waals surface area contributed by atoms with E-state index >= 15 is 0 Å². The zero-order valence-corrected chi connectivity index (χ0v) is 6.37. The molecule has 0 unspecified atom stereocenters. The zero-order valence-electron chi connectivity index (χ0n) is 6.37. The number of nitro groups is 1. The molecule has 0 radical (unpaired) electrons. The van der Waals surface area contributed by atoms with Crippen molar-refractivity contribution in [2.45, 2.75) is 0 Å². The van der Waals surface area contributed by atoms with Gasteiger partial charge in [-0.2, -0.15) is 0 Å². The standard InChI is InChI=1S/C3H7N5O5/c4-3(6-7(9)10)5-1-2-13-8(11)12/h1-2H2,(H3,4,5,6). The van der Waals surface area contributed by atoms with E-state index in [9.17, 15) is 20.2 Å². The second-order valence-electron chi connectivity index (χ2n) is 1.69. The SMILES string of the molecule is NC(=NCCO[N+](=O)[O-])N[N+](=O)[O-]. The van der Waals surface area contributed by atoms with Crippen LogP contribution in [-0.2, 0) is 4.84 Å². The fourth-order valence-corrected chi connectivity index (χ4v) is 0.410. The molecule has 0 fully saturated rings. The van der Waals surface area contributed by atoms with Crippen molar-refractivity contribution >= 4 is 5.96 Å². The van der Waals surface area contributed by atoms with Crippen LogP contribution < -0.4 is 11.2 Å². The van der Waals surface area contributed by atoms with Crippen LogP contribution in [0.1, 0.15) is 0 Å². The van der Waals surface area contributed by atoms with Gasteiger partial charge in [-0.3, -0.25) is 0 Å². The Labute approximate surface area is 71.6 Å². The Bertz CT molecular complexity index is 226. The third-order valence-electron chi connectivity index (χ3n) is 0.776. The van der Waals surface area contributed by atoms with E-state index in [4.69, 9.17) is 5.73 Å². The first-order valence-corrected chi connectivity index (χ1v) is 3.00. The van der Waals surface area contributed by atoms with E-state index in [2.05, 4.69) is 9.83 Å². The first-order valence-electron chi connectivity index (χ1n) is 3.00. The maximum atomic E-state index is 9.74. The predicted molar refractivity (Wildman–Crippen MR) is 39.6 cm³/mol.